The van der Waals surface area contributed by atoms with Gasteiger partial charge in [-0.05, 0) is 35.4 Å². The van der Waals surface area contributed by atoms with Gasteiger partial charge >= 0.3 is 0 Å². The Kier molecular flexibility index (Phi) is 9.63. The second kappa shape index (κ2) is 12.7. The summed E-state index contributed by atoms with van der Waals surface area (Å²) >= 11 is 1.89. The highest BCUT2D eigenvalue weighted by Crippen LogP contribution is 2.30. The number of thiophene rings is 1. The van der Waals surface area contributed by atoms with Crippen molar-refractivity contribution in [3.63, 3.8) is 0 Å². The van der Waals surface area contributed by atoms with Crippen LogP contribution in [0.4, 0.5) is 0 Å². The molecule has 6 nitrogen and oxygen atoms in total. The van der Waals surface area contributed by atoms with E-state index in [2.05, 4.69) is 62.3 Å². The maximum atomic E-state index is 5.52. The molecule has 2 aromatic rings. The Hall–Kier alpha value is -1.93. The molecule has 3 rings (SSSR count). The molecular weight excluding hydrogens is 396 g/mol. The molecule has 0 bridgehead atoms. The molecule has 1 atom stereocenters. The van der Waals surface area contributed by atoms with E-state index in [-0.39, 0.29) is 0 Å². The largest absolute Gasteiger partial charge is 0.382 e. The molecule has 1 aromatic heterocycles. The summed E-state index contributed by atoms with van der Waals surface area (Å²) in [5, 5.41) is 9.14. The summed E-state index contributed by atoms with van der Waals surface area (Å²) in [5.41, 5.74) is 2.81. The van der Waals surface area contributed by atoms with Crippen molar-refractivity contribution < 1.29 is 9.47 Å². The molecule has 2 heterocycles. The van der Waals surface area contributed by atoms with Crippen molar-refractivity contribution in [3.05, 3.63) is 57.8 Å². The second-order valence-corrected chi connectivity index (χ2v) is 8.36. The molecule has 1 aliphatic rings. The van der Waals surface area contributed by atoms with Crippen molar-refractivity contribution in [2.45, 2.75) is 25.4 Å². The highest BCUT2D eigenvalue weighted by molar-refractivity contribution is 7.10. The van der Waals surface area contributed by atoms with Crippen molar-refractivity contribution in [3.8, 4) is 0 Å². The minimum atomic E-state index is 0.301. The number of nitrogens with one attached hydrogen (secondary N) is 2. The Labute approximate surface area is 184 Å². The van der Waals surface area contributed by atoms with Gasteiger partial charge in [-0.25, -0.2) is 0 Å². The third kappa shape index (κ3) is 6.80. The number of hydrogen-bond acceptors (Lipinski definition) is 5. The van der Waals surface area contributed by atoms with Crippen LogP contribution in [0.3, 0.4) is 0 Å². The molecule has 1 aromatic carbocycles. The van der Waals surface area contributed by atoms with E-state index < -0.39 is 0 Å². The number of rotatable bonds is 11. The predicted octanol–water partition coefficient (Wildman–Crippen LogP) is 3.07. The van der Waals surface area contributed by atoms with E-state index in [0.717, 1.165) is 51.6 Å². The fraction of sp³-hybridized carbons (Fsp3) is 0.522. The smallest absolute Gasteiger partial charge is 0.191 e. The van der Waals surface area contributed by atoms with E-state index >= 15 is 0 Å². The molecule has 0 radical (unpaired) electrons. The fourth-order valence-corrected chi connectivity index (χ4v) is 4.60. The highest BCUT2D eigenvalue weighted by atomic mass is 32.1. The van der Waals surface area contributed by atoms with E-state index in [0.29, 0.717) is 19.3 Å². The summed E-state index contributed by atoms with van der Waals surface area (Å²) in [4.78, 5) is 8.51. The van der Waals surface area contributed by atoms with Crippen molar-refractivity contribution in [2.75, 3.05) is 53.6 Å². The lowest BCUT2D eigenvalue weighted by Crippen LogP contribution is -2.44. The Balaban J connectivity index is 1.52. The van der Waals surface area contributed by atoms with Crippen LogP contribution in [0.1, 0.15) is 28.5 Å². The molecular formula is C23H34N4O2S. The molecule has 0 fully saturated rings. The van der Waals surface area contributed by atoms with Gasteiger partial charge in [-0.2, -0.15) is 0 Å². The minimum absolute atomic E-state index is 0.301. The van der Waals surface area contributed by atoms with Crippen LogP contribution in [0.5, 0.6) is 0 Å². The summed E-state index contributed by atoms with van der Waals surface area (Å²) in [7, 11) is 3.51. The maximum Gasteiger partial charge on any atom is 0.191 e. The van der Waals surface area contributed by atoms with Gasteiger partial charge in [0.1, 0.15) is 0 Å². The van der Waals surface area contributed by atoms with Crippen LogP contribution < -0.4 is 10.6 Å². The van der Waals surface area contributed by atoms with Gasteiger partial charge < -0.3 is 20.1 Å². The van der Waals surface area contributed by atoms with Crippen LogP contribution in [-0.4, -0.2) is 64.5 Å². The first-order chi connectivity index (χ1) is 14.8. The van der Waals surface area contributed by atoms with Crippen LogP contribution in [-0.2, 0) is 22.4 Å². The summed E-state index contributed by atoms with van der Waals surface area (Å²) in [6.45, 7) is 5.73. The first kappa shape index (κ1) is 22.7. The van der Waals surface area contributed by atoms with Crippen LogP contribution in [0.15, 0.2) is 46.8 Å². The van der Waals surface area contributed by atoms with Crippen molar-refractivity contribution >= 4 is 17.3 Å². The predicted molar refractivity (Wildman–Crippen MR) is 124 cm³/mol. The second-order valence-electron chi connectivity index (χ2n) is 7.35. The number of aliphatic imine (C=N–C) groups is 1. The molecule has 0 aliphatic carbocycles. The zero-order valence-corrected chi connectivity index (χ0v) is 18.9. The molecule has 7 heteroatoms. The van der Waals surface area contributed by atoms with Crippen molar-refractivity contribution in [1.82, 2.24) is 15.5 Å². The van der Waals surface area contributed by atoms with Gasteiger partial charge in [-0.3, -0.25) is 9.89 Å². The SMILES string of the molecule is CN=C(NCCCOCCOC)NCC(c1ccccc1)N1CCc2sccc2C1. The maximum absolute atomic E-state index is 5.52. The Morgan fingerprint density at radius 2 is 2.03 bits per heavy atom. The van der Waals surface area contributed by atoms with E-state index in [1.165, 1.54) is 16.0 Å². The lowest BCUT2D eigenvalue weighted by Gasteiger charge is -2.35. The van der Waals surface area contributed by atoms with E-state index in [1.807, 2.05) is 18.4 Å². The van der Waals surface area contributed by atoms with Crippen molar-refractivity contribution in [1.29, 1.82) is 0 Å². The molecule has 30 heavy (non-hydrogen) atoms. The topological polar surface area (TPSA) is 58.1 Å². The van der Waals surface area contributed by atoms with Crippen molar-refractivity contribution in [2.24, 2.45) is 4.99 Å². The Morgan fingerprint density at radius 3 is 2.83 bits per heavy atom. The number of benzene rings is 1. The first-order valence-corrected chi connectivity index (χ1v) is 11.5. The van der Waals surface area contributed by atoms with Gasteiger partial charge in [0.2, 0.25) is 0 Å². The van der Waals surface area contributed by atoms with E-state index in [4.69, 9.17) is 9.47 Å². The van der Waals surface area contributed by atoms with Gasteiger partial charge in [0.15, 0.2) is 5.96 Å². The van der Waals surface area contributed by atoms with Gasteiger partial charge in [0, 0.05) is 51.8 Å². The zero-order chi connectivity index (χ0) is 21.0. The molecule has 2 N–H and O–H groups in total. The summed E-state index contributed by atoms with van der Waals surface area (Å²) in [6, 6.07) is 13.4. The van der Waals surface area contributed by atoms with Crippen LogP contribution in [0.2, 0.25) is 0 Å². The summed E-state index contributed by atoms with van der Waals surface area (Å²) < 4.78 is 10.5. The zero-order valence-electron chi connectivity index (χ0n) is 18.1. The van der Waals surface area contributed by atoms with Gasteiger partial charge in [-0.15, -0.1) is 11.3 Å². The van der Waals surface area contributed by atoms with Gasteiger partial charge in [0.05, 0.1) is 19.3 Å². The molecule has 1 aliphatic heterocycles. The molecule has 0 saturated carbocycles. The third-order valence-electron chi connectivity index (χ3n) is 5.34. The number of ether oxygens (including phenoxy) is 2. The number of fused-ring (bicyclic) bond motifs is 1. The number of guanidine groups is 1. The third-order valence-corrected chi connectivity index (χ3v) is 6.36. The number of nitrogens with zero attached hydrogens (tertiary/aromatic N) is 2. The average molecular weight is 431 g/mol. The molecule has 1 unspecified atom stereocenters. The minimum Gasteiger partial charge on any atom is -0.382 e. The lowest BCUT2D eigenvalue weighted by molar-refractivity contribution is 0.0698. The lowest BCUT2D eigenvalue weighted by atomic mass is 10.0. The molecule has 0 saturated heterocycles. The van der Waals surface area contributed by atoms with Crippen LogP contribution in [0, 0.1) is 0 Å². The monoisotopic (exact) mass is 430 g/mol. The normalized spacial score (nSPS) is 15.6. The average Bonchev–Trinajstić information content (AvgIpc) is 3.26. The van der Waals surface area contributed by atoms with E-state index in [1.54, 1.807) is 7.11 Å². The molecule has 164 valence electrons. The quantitative estimate of drug-likeness (QED) is 0.326. The van der Waals surface area contributed by atoms with Gasteiger partial charge in [0.25, 0.3) is 0 Å². The number of methoxy groups -OCH3 is 1. The first-order valence-electron chi connectivity index (χ1n) is 10.7. The molecule has 0 amide bonds. The Bertz CT molecular complexity index is 766. The highest BCUT2D eigenvalue weighted by Gasteiger charge is 2.25. The Morgan fingerprint density at radius 1 is 1.17 bits per heavy atom. The fourth-order valence-electron chi connectivity index (χ4n) is 3.71. The molecule has 0 spiro atoms. The number of hydrogen-bond donors (Lipinski definition) is 2. The van der Waals surface area contributed by atoms with Crippen LogP contribution in [0.25, 0.3) is 0 Å². The standard InChI is InChI=1S/C23H34N4O2S/c1-24-23(25-11-6-13-29-15-14-28-2)26-17-21(19-7-4-3-5-8-19)27-12-9-22-20(18-27)10-16-30-22/h3-5,7-8,10,16,21H,6,9,11-15,17-18H2,1-2H3,(H2,24,25,26). The van der Waals surface area contributed by atoms with Gasteiger partial charge in [-0.1, -0.05) is 30.3 Å². The summed E-state index contributed by atoms with van der Waals surface area (Å²) in [6.07, 6.45) is 2.06. The van der Waals surface area contributed by atoms with E-state index in [9.17, 15) is 0 Å². The summed E-state index contributed by atoms with van der Waals surface area (Å²) in [5.74, 6) is 0.834. The van der Waals surface area contributed by atoms with Crippen LogP contribution >= 0.6 is 11.3 Å².